The van der Waals surface area contributed by atoms with Crippen LogP contribution in [0.4, 0.5) is 8.78 Å². The van der Waals surface area contributed by atoms with Crippen LogP contribution in [-0.2, 0) is 0 Å². The smallest absolute Gasteiger partial charge is 0.290 e. The highest BCUT2D eigenvalue weighted by Crippen LogP contribution is 2.28. The molecule has 0 aliphatic rings. The predicted octanol–water partition coefficient (Wildman–Crippen LogP) is 1.19. The molecular formula is C8H6F2N2O2. The van der Waals surface area contributed by atoms with E-state index in [-0.39, 0.29) is 5.56 Å². The molecule has 0 unspecified atom stereocenters. The molecule has 14 heavy (non-hydrogen) atoms. The van der Waals surface area contributed by atoms with Crippen molar-refractivity contribution in [1.29, 1.82) is 5.26 Å². The number of hydrogen-bond donors (Lipinski definition) is 1. The highest BCUT2D eigenvalue weighted by atomic mass is 19.3. The van der Waals surface area contributed by atoms with Crippen LogP contribution < -0.4 is 10.3 Å². The Balaban J connectivity index is 3.54. The van der Waals surface area contributed by atoms with Gasteiger partial charge in [0.15, 0.2) is 5.75 Å². The Morgan fingerprint density at radius 1 is 1.64 bits per heavy atom. The lowest BCUT2D eigenvalue weighted by Crippen LogP contribution is -2.13. The molecular weight excluding hydrogens is 194 g/mol. The molecule has 1 N–H and O–H groups in total. The molecule has 1 aromatic rings. The first-order chi connectivity index (χ1) is 6.61. The number of aromatic amines is 1. The van der Waals surface area contributed by atoms with Crippen molar-refractivity contribution in [3.63, 3.8) is 0 Å². The molecule has 0 aromatic carbocycles. The minimum atomic E-state index is -2.91. The fourth-order valence-electron chi connectivity index (χ4n) is 1.04. The summed E-state index contributed by atoms with van der Waals surface area (Å²) in [5.74, 6) is -0.515. The van der Waals surface area contributed by atoms with Gasteiger partial charge in [-0.25, -0.2) is 8.78 Å². The fraction of sp³-hybridized carbons (Fsp3) is 0.250. The summed E-state index contributed by atoms with van der Waals surface area (Å²) >= 11 is 0. The summed E-state index contributed by atoms with van der Waals surface area (Å²) in [5, 5.41) is 8.52. The van der Waals surface area contributed by atoms with Gasteiger partial charge < -0.3 is 9.72 Å². The minimum Gasteiger partial charge on any atom is -0.491 e. The molecule has 1 aromatic heterocycles. The van der Waals surface area contributed by atoms with Gasteiger partial charge in [-0.1, -0.05) is 0 Å². The Morgan fingerprint density at radius 3 is 2.71 bits per heavy atom. The third kappa shape index (κ3) is 1.57. The van der Waals surface area contributed by atoms with E-state index in [1.165, 1.54) is 0 Å². The van der Waals surface area contributed by atoms with E-state index < -0.39 is 23.3 Å². The molecule has 0 atom stereocenters. The zero-order valence-corrected chi connectivity index (χ0v) is 7.17. The number of pyridine rings is 1. The number of methoxy groups -OCH3 is 1. The SMILES string of the molecule is COc1c(C(F)F)c(C#N)c[nH]c1=O. The van der Waals surface area contributed by atoms with Crippen molar-refractivity contribution in [2.45, 2.75) is 6.43 Å². The second-order valence-electron chi connectivity index (χ2n) is 2.39. The van der Waals surface area contributed by atoms with Gasteiger partial charge in [0, 0.05) is 6.20 Å². The van der Waals surface area contributed by atoms with E-state index in [1.807, 2.05) is 0 Å². The topological polar surface area (TPSA) is 65.9 Å². The van der Waals surface area contributed by atoms with Gasteiger partial charge in [-0.3, -0.25) is 4.79 Å². The zero-order chi connectivity index (χ0) is 10.7. The van der Waals surface area contributed by atoms with Crippen molar-refractivity contribution in [2.24, 2.45) is 0 Å². The maximum Gasteiger partial charge on any atom is 0.290 e. The quantitative estimate of drug-likeness (QED) is 0.779. The van der Waals surface area contributed by atoms with Crippen molar-refractivity contribution in [3.05, 3.63) is 27.7 Å². The number of nitriles is 1. The molecule has 0 aliphatic carbocycles. The summed E-state index contributed by atoms with van der Waals surface area (Å²) in [7, 11) is 1.09. The average molecular weight is 200 g/mol. The van der Waals surface area contributed by atoms with E-state index in [9.17, 15) is 13.6 Å². The molecule has 0 saturated carbocycles. The van der Waals surface area contributed by atoms with Crippen molar-refractivity contribution in [3.8, 4) is 11.8 Å². The summed E-state index contributed by atoms with van der Waals surface area (Å²) in [5.41, 5.74) is -1.74. The highest BCUT2D eigenvalue weighted by Gasteiger charge is 2.21. The van der Waals surface area contributed by atoms with E-state index in [4.69, 9.17) is 5.26 Å². The summed E-state index contributed by atoms with van der Waals surface area (Å²) in [6, 6.07) is 1.55. The molecule has 1 heterocycles. The largest absolute Gasteiger partial charge is 0.491 e. The number of rotatable bonds is 2. The van der Waals surface area contributed by atoms with E-state index >= 15 is 0 Å². The van der Waals surface area contributed by atoms with Gasteiger partial charge in [-0.15, -0.1) is 0 Å². The number of nitrogens with zero attached hydrogens (tertiary/aromatic N) is 1. The molecule has 1 rings (SSSR count). The maximum absolute atomic E-state index is 12.5. The normalized spacial score (nSPS) is 9.93. The van der Waals surface area contributed by atoms with Gasteiger partial charge in [0.05, 0.1) is 18.2 Å². The van der Waals surface area contributed by atoms with Gasteiger partial charge in [0.1, 0.15) is 6.07 Å². The van der Waals surface area contributed by atoms with Crippen LogP contribution >= 0.6 is 0 Å². The second-order valence-corrected chi connectivity index (χ2v) is 2.39. The van der Waals surface area contributed by atoms with Crippen LogP contribution in [-0.4, -0.2) is 12.1 Å². The number of hydrogen-bond acceptors (Lipinski definition) is 3. The summed E-state index contributed by atoms with van der Waals surface area (Å²) in [6.45, 7) is 0. The number of alkyl halides is 2. The van der Waals surface area contributed by atoms with Crippen LogP contribution in [0.5, 0.6) is 5.75 Å². The lowest BCUT2D eigenvalue weighted by Gasteiger charge is -2.07. The molecule has 0 amide bonds. The minimum absolute atomic E-state index is 0.295. The fourth-order valence-corrected chi connectivity index (χ4v) is 1.04. The molecule has 74 valence electrons. The van der Waals surface area contributed by atoms with Crippen molar-refractivity contribution >= 4 is 0 Å². The second kappa shape index (κ2) is 3.87. The molecule has 0 saturated heterocycles. The van der Waals surface area contributed by atoms with Crippen LogP contribution in [0.2, 0.25) is 0 Å². The number of ether oxygens (including phenoxy) is 1. The lowest BCUT2D eigenvalue weighted by molar-refractivity contribution is 0.146. The van der Waals surface area contributed by atoms with E-state index in [1.54, 1.807) is 6.07 Å². The molecule has 4 nitrogen and oxygen atoms in total. The third-order valence-corrected chi connectivity index (χ3v) is 1.63. The Hall–Kier alpha value is -1.90. The van der Waals surface area contributed by atoms with Crippen LogP contribution in [0.25, 0.3) is 0 Å². The van der Waals surface area contributed by atoms with E-state index in [2.05, 4.69) is 9.72 Å². The Labute approximate surface area is 77.7 Å². The molecule has 0 aliphatic heterocycles. The highest BCUT2D eigenvalue weighted by molar-refractivity contribution is 5.44. The number of H-pyrrole nitrogens is 1. The van der Waals surface area contributed by atoms with Crippen molar-refractivity contribution < 1.29 is 13.5 Å². The average Bonchev–Trinajstić information content (AvgIpc) is 2.17. The van der Waals surface area contributed by atoms with Crippen molar-refractivity contribution in [1.82, 2.24) is 4.98 Å². The number of nitrogens with one attached hydrogen (secondary N) is 1. The van der Waals surface area contributed by atoms with Gasteiger partial charge >= 0.3 is 0 Å². The maximum atomic E-state index is 12.5. The molecule has 0 radical (unpaired) electrons. The van der Waals surface area contributed by atoms with E-state index in [0.29, 0.717) is 0 Å². The first-order valence-electron chi connectivity index (χ1n) is 3.59. The van der Waals surface area contributed by atoms with Crippen molar-refractivity contribution in [2.75, 3.05) is 7.11 Å². The van der Waals surface area contributed by atoms with Gasteiger partial charge in [-0.05, 0) is 0 Å². The zero-order valence-electron chi connectivity index (χ0n) is 7.17. The van der Waals surface area contributed by atoms with Gasteiger partial charge in [0.2, 0.25) is 0 Å². The first-order valence-corrected chi connectivity index (χ1v) is 3.59. The molecule has 0 spiro atoms. The van der Waals surface area contributed by atoms with Crippen LogP contribution in [0.3, 0.4) is 0 Å². The predicted molar refractivity (Wildman–Crippen MR) is 43.3 cm³/mol. The van der Waals surface area contributed by atoms with Gasteiger partial charge in [-0.2, -0.15) is 5.26 Å². The molecule has 0 fully saturated rings. The molecule has 6 heteroatoms. The first kappa shape index (κ1) is 10.2. The van der Waals surface area contributed by atoms with E-state index in [0.717, 1.165) is 13.3 Å². The van der Waals surface area contributed by atoms with Crippen LogP contribution in [0.15, 0.2) is 11.0 Å². The molecule has 0 bridgehead atoms. The summed E-state index contributed by atoms with van der Waals surface area (Å²) in [4.78, 5) is 13.1. The van der Waals surface area contributed by atoms with Crippen LogP contribution in [0.1, 0.15) is 17.6 Å². The lowest BCUT2D eigenvalue weighted by atomic mass is 10.1. The monoisotopic (exact) mass is 200 g/mol. The Morgan fingerprint density at radius 2 is 2.29 bits per heavy atom. The standard InChI is InChI=1S/C8H6F2N2O2/c1-14-6-5(7(9)10)4(2-11)3-12-8(6)13/h3,7H,1H3,(H,12,13). The van der Waals surface area contributed by atoms with Crippen LogP contribution in [0, 0.1) is 11.3 Å². The third-order valence-electron chi connectivity index (χ3n) is 1.63. The number of halogens is 2. The van der Waals surface area contributed by atoms with Gasteiger partial charge in [0.25, 0.3) is 12.0 Å². The Kier molecular flexibility index (Phi) is 2.82. The summed E-state index contributed by atoms with van der Waals surface area (Å²) in [6.07, 6.45) is -1.98. The number of aromatic nitrogens is 1. The Bertz CT molecular complexity index is 434. The summed E-state index contributed by atoms with van der Waals surface area (Å²) < 4.78 is 29.4.